The van der Waals surface area contributed by atoms with Crippen LogP contribution in [0.25, 0.3) is 0 Å². The van der Waals surface area contributed by atoms with Crippen molar-refractivity contribution in [2.24, 2.45) is 5.41 Å². The molecule has 2 aromatic rings. The standard InChI is InChI=1S/C19H25N3O2S/c1-13-10-14(2)22(21-13)12-19(7-8-19)11-20-18(23)17-6-5-16(25-17)15-4-3-9-24-15/h5-6,10,15H,3-4,7-9,11-12H2,1-2H3,(H,20,23)/t15-/m1/s1. The number of hydrogen-bond donors (Lipinski definition) is 1. The van der Waals surface area contributed by atoms with Crippen LogP contribution in [0.4, 0.5) is 0 Å². The van der Waals surface area contributed by atoms with Crippen molar-refractivity contribution in [1.29, 1.82) is 0 Å². The molecule has 134 valence electrons. The first-order valence-electron chi connectivity index (χ1n) is 9.05. The van der Waals surface area contributed by atoms with Crippen LogP contribution >= 0.6 is 11.3 Å². The second-order valence-electron chi connectivity index (χ2n) is 7.47. The lowest BCUT2D eigenvalue weighted by atomic mass is 10.1. The molecule has 2 fully saturated rings. The van der Waals surface area contributed by atoms with Gasteiger partial charge in [-0.25, -0.2) is 0 Å². The van der Waals surface area contributed by atoms with Gasteiger partial charge in [0.2, 0.25) is 0 Å². The maximum absolute atomic E-state index is 12.5. The first-order valence-corrected chi connectivity index (χ1v) is 9.87. The van der Waals surface area contributed by atoms with Crippen LogP contribution in [0.2, 0.25) is 0 Å². The predicted molar refractivity (Wildman–Crippen MR) is 97.9 cm³/mol. The number of thiophene rings is 1. The van der Waals surface area contributed by atoms with Crippen LogP contribution in [0.3, 0.4) is 0 Å². The Morgan fingerprint density at radius 1 is 1.44 bits per heavy atom. The van der Waals surface area contributed by atoms with Gasteiger partial charge in [-0.1, -0.05) is 0 Å². The van der Waals surface area contributed by atoms with E-state index in [9.17, 15) is 4.79 Å². The summed E-state index contributed by atoms with van der Waals surface area (Å²) in [4.78, 5) is 14.5. The normalized spacial score (nSPS) is 21.4. The number of amides is 1. The monoisotopic (exact) mass is 359 g/mol. The SMILES string of the molecule is Cc1cc(C)n(CC2(CNC(=O)c3ccc([C@H]4CCCO4)s3)CC2)n1. The molecule has 2 aromatic heterocycles. The number of carbonyl (C=O) groups excluding carboxylic acids is 1. The van der Waals surface area contributed by atoms with Gasteiger partial charge in [-0.2, -0.15) is 5.10 Å². The van der Waals surface area contributed by atoms with E-state index in [0.717, 1.165) is 56.0 Å². The lowest BCUT2D eigenvalue weighted by Crippen LogP contribution is -2.32. The molecule has 1 aliphatic carbocycles. The maximum atomic E-state index is 12.5. The highest BCUT2D eigenvalue weighted by molar-refractivity contribution is 7.14. The zero-order valence-corrected chi connectivity index (χ0v) is 15.7. The Labute approximate surface area is 152 Å². The van der Waals surface area contributed by atoms with Gasteiger partial charge in [0.15, 0.2) is 0 Å². The van der Waals surface area contributed by atoms with E-state index in [2.05, 4.69) is 28.1 Å². The molecule has 25 heavy (non-hydrogen) atoms. The molecule has 0 unspecified atom stereocenters. The Hall–Kier alpha value is -1.66. The van der Waals surface area contributed by atoms with Gasteiger partial charge >= 0.3 is 0 Å². The van der Waals surface area contributed by atoms with E-state index < -0.39 is 0 Å². The third-order valence-electron chi connectivity index (χ3n) is 5.27. The summed E-state index contributed by atoms with van der Waals surface area (Å²) >= 11 is 1.56. The van der Waals surface area contributed by atoms with E-state index in [-0.39, 0.29) is 17.4 Å². The largest absolute Gasteiger partial charge is 0.373 e. The minimum atomic E-state index is 0.0360. The Kier molecular flexibility index (Phi) is 4.41. The molecule has 1 saturated heterocycles. The number of nitrogens with zero attached hydrogens (tertiary/aromatic N) is 2. The van der Waals surface area contributed by atoms with Crippen molar-refractivity contribution in [2.75, 3.05) is 13.2 Å². The number of nitrogens with one attached hydrogen (secondary N) is 1. The zero-order chi connectivity index (χ0) is 17.4. The van der Waals surface area contributed by atoms with Gasteiger partial charge in [-0.15, -0.1) is 11.3 Å². The lowest BCUT2D eigenvalue weighted by Gasteiger charge is -2.17. The topological polar surface area (TPSA) is 56.2 Å². The van der Waals surface area contributed by atoms with Crippen molar-refractivity contribution >= 4 is 17.2 Å². The van der Waals surface area contributed by atoms with Crippen LogP contribution in [0.1, 0.15) is 57.7 Å². The number of rotatable bonds is 6. The molecule has 4 rings (SSSR count). The van der Waals surface area contributed by atoms with Gasteiger partial charge in [0, 0.05) is 35.7 Å². The van der Waals surface area contributed by atoms with Crippen LogP contribution in [0.15, 0.2) is 18.2 Å². The summed E-state index contributed by atoms with van der Waals surface area (Å²) in [7, 11) is 0. The minimum Gasteiger partial charge on any atom is -0.373 e. The summed E-state index contributed by atoms with van der Waals surface area (Å²) in [5.41, 5.74) is 2.42. The number of hydrogen-bond acceptors (Lipinski definition) is 4. The summed E-state index contributed by atoms with van der Waals surface area (Å²) < 4.78 is 7.78. The molecule has 1 atom stereocenters. The molecular weight excluding hydrogens is 334 g/mol. The molecule has 0 spiro atoms. The van der Waals surface area contributed by atoms with Crippen molar-refractivity contribution in [3.05, 3.63) is 39.3 Å². The van der Waals surface area contributed by atoms with Crippen molar-refractivity contribution in [3.63, 3.8) is 0 Å². The quantitative estimate of drug-likeness (QED) is 0.857. The Morgan fingerprint density at radius 2 is 2.28 bits per heavy atom. The predicted octanol–water partition coefficient (Wildman–Crippen LogP) is 3.62. The van der Waals surface area contributed by atoms with Crippen molar-refractivity contribution in [2.45, 2.75) is 52.2 Å². The Morgan fingerprint density at radius 3 is 2.92 bits per heavy atom. The van der Waals surface area contributed by atoms with E-state index in [4.69, 9.17) is 4.74 Å². The van der Waals surface area contributed by atoms with Gasteiger partial charge in [-0.3, -0.25) is 9.48 Å². The smallest absolute Gasteiger partial charge is 0.261 e. The molecule has 5 nitrogen and oxygen atoms in total. The van der Waals surface area contributed by atoms with E-state index in [0.29, 0.717) is 0 Å². The molecule has 1 saturated carbocycles. The van der Waals surface area contributed by atoms with Crippen LogP contribution in [0, 0.1) is 19.3 Å². The van der Waals surface area contributed by atoms with Gasteiger partial charge in [0.1, 0.15) is 0 Å². The Balaban J connectivity index is 1.34. The number of ether oxygens (including phenoxy) is 1. The van der Waals surface area contributed by atoms with E-state index in [1.807, 2.05) is 19.1 Å². The van der Waals surface area contributed by atoms with E-state index in [1.54, 1.807) is 11.3 Å². The molecule has 0 aromatic carbocycles. The van der Waals surface area contributed by atoms with Gasteiger partial charge in [-0.05, 0) is 57.7 Å². The lowest BCUT2D eigenvalue weighted by molar-refractivity contribution is 0.0946. The van der Waals surface area contributed by atoms with Crippen molar-refractivity contribution in [1.82, 2.24) is 15.1 Å². The minimum absolute atomic E-state index is 0.0360. The number of aromatic nitrogens is 2. The highest BCUT2D eigenvalue weighted by Gasteiger charge is 2.43. The Bertz CT molecular complexity index is 769. The van der Waals surface area contributed by atoms with Crippen LogP contribution in [-0.2, 0) is 11.3 Å². The summed E-state index contributed by atoms with van der Waals surface area (Å²) in [6, 6.07) is 6.07. The molecule has 6 heteroatoms. The second kappa shape index (κ2) is 6.57. The maximum Gasteiger partial charge on any atom is 0.261 e. The highest BCUT2D eigenvalue weighted by atomic mass is 32.1. The van der Waals surface area contributed by atoms with E-state index >= 15 is 0 Å². The van der Waals surface area contributed by atoms with Gasteiger partial charge in [0.05, 0.1) is 16.7 Å². The fourth-order valence-electron chi connectivity index (χ4n) is 3.53. The molecule has 1 amide bonds. The van der Waals surface area contributed by atoms with Gasteiger partial charge < -0.3 is 10.1 Å². The molecule has 3 heterocycles. The molecule has 2 aliphatic rings. The van der Waals surface area contributed by atoms with Crippen LogP contribution in [0.5, 0.6) is 0 Å². The van der Waals surface area contributed by atoms with Crippen molar-refractivity contribution in [3.8, 4) is 0 Å². The molecule has 0 radical (unpaired) electrons. The average molecular weight is 359 g/mol. The second-order valence-corrected chi connectivity index (χ2v) is 8.59. The van der Waals surface area contributed by atoms with Gasteiger partial charge in [0.25, 0.3) is 5.91 Å². The van der Waals surface area contributed by atoms with E-state index in [1.165, 1.54) is 10.6 Å². The summed E-state index contributed by atoms with van der Waals surface area (Å²) in [5.74, 6) is 0.0360. The molecule has 1 N–H and O–H groups in total. The molecular formula is C19H25N3O2S. The highest BCUT2D eigenvalue weighted by Crippen LogP contribution is 2.46. The molecule has 0 bridgehead atoms. The fraction of sp³-hybridized carbons (Fsp3) is 0.579. The fourth-order valence-corrected chi connectivity index (χ4v) is 4.53. The number of aryl methyl sites for hydroxylation is 2. The summed E-state index contributed by atoms with van der Waals surface area (Å²) in [6.07, 6.45) is 4.66. The summed E-state index contributed by atoms with van der Waals surface area (Å²) in [6.45, 7) is 6.55. The molecule has 1 aliphatic heterocycles. The first-order chi connectivity index (χ1) is 12.0. The first kappa shape index (κ1) is 16.8. The van der Waals surface area contributed by atoms with Crippen molar-refractivity contribution < 1.29 is 9.53 Å². The third-order valence-corrected chi connectivity index (χ3v) is 6.44. The average Bonchev–Trinajstić information content (AvgIpc) is 3.01. The van der Waals surface area contributed by atoms with Crippen LogP contribution < -0.4 is 5.32 Å². The zero-order valence-electron chi connectivity index (χ0n) is 14.9. The van der Waals surface area contributed by atoms with Crippen LogP contribution in [-0.4, -0.2) is 28.8 Å². The number of carbonyl (C=O) groups is 1. The summed E-state index contributed by atoms with van der Waals surface area (Å²) in [5, 5.41) is 7.70. The third kappa shape index (κ3) is 3.65.